The van der Waals surface area contributed by atoms with Gasteiger partial charge in [-0.15, -0.1) is 11.3 Å². The fraction of sp³-hybridized carbons (Fsp3) is 0.412. The Bertz CT molecular complexity index is 644. The largest absolute Gasteiger partial charge is 0.373 e. The van der Waals surface area contributed by atoms with Crippen LogP contribution >= 0.6 is 11.3 Å². The van der Waals surface area contributed by atoms with Crippen LogP contribution in [0.3, 0.4) is 0 Å². The SMILES string of the molecule is Cc1csc(NC(=O)NCC2CCCOC2c2ccccc2)n1. The van der Waals surface area contributed by atoms with Crippen molar-refractivity contribution in [1.29, 1.82) is 0 Å². The lowest BCUT2D eigenvalue weighted by molar-refractivity contribution is -0.0268. The first-order valence-corrected chi connectivity index (χ1v) is 8.74. The summed E-state index contributed by atoms with van der Waals surface area (Å²) in [7, 11) is 0. The van der Waals surface area contributed by atoms with Crippen LogP contribution in [0.15, 0.2) is 35.7 Å². The molecular weight excluding hydrogens is 310 g/mol. The number of nitrogens with one attached hydrogen (secondary N) is 2. The fourth-order valence-corrected chi connectivity index (χ4v) is 3.52. The van der Waals surface area contributed by atoms with Gasteiger partial charge >= 0.3 is 6.03 Å². The van der Waals surface area contributed by atoms with Gasteiger partial charge < -0.3 is 10.1 Å². The van der Waals surface area contributed by atoms with Crippen LogP contribution < -0.4 is 10.6 Å². The van der Waals surface area contributed by atoms with E-state index < -0.39 is 0 Å². The molecule has 1 fully saturated rings. The molecule has 1 aliphatic heterocycles. The van der Waals surface area contributed by atoms with Crippen molar-refractivity contribution in [3.63, 3.8) is 0 Å². The van der Waals surface area contributed by atoms with Gasteiger partial charge in [0.05, 0.1) is 11.8 Å². The average Bonchev–Trinajstić information content (AvgIpc) is 2.99. The summed E-state index contributed by atoms with van der Waals surface area (Å²) in [6.07, 6.45) is 2.13. The highest BCUT2D eigenvalue weighted by atomic mass is 32.1. The maximum Gasteiger partial charge on any atom is 0.321 e. The Morgan fingerprint density at radius 1 is 1.39 bits per heavy atom. The van der Waals surface area contributed by atoms with Crippen LogP contribution in [0.5, 0.6) is 0 Å². The quantitative estimate of drug-likeness (QED) is 0.897. The third-order valence-corrected chi connectivity index (χ3v) is 4.81. The van der Waals surface area contributed by atoms with E-state index in [1.807, 2.05) is 30.5 Å². The number of anilines is 1. The van der Waals surface area contributed by atoms with Gasteiger partial charge in [-0.2, -0.15) is 0 Å². The van der Waals surface area contributed by atoms with Crippen LogP contribution in [0, 0.1) is 12.8 Å². The highest BCUT2D eigenvalue weighted by Gasteiger charge is 2.27. The summed E-state index contributed by atoms with van der Waals surface area (Å²) < 4.78 is 5.95. The summed E-state index contributed by atoms with van der Waals surface area (Å²) in [6.45, 7) is 3.28. The smallest absolute Gasteiger partial charge is 0.321 e. The Morgan fingerprint density at radius 2 is 2.22 bits per heavy atom. The van der Waals surface area contributed by atoms with Crippen LogP contribution in [0.2, 0.25) is 0 Å². The Balaban J connectivity index is 1.56. The summed E-state index contributed by atoms with van der Waals surface area (Å²) in [5, 5.41) is 8.26. The normalized spacial score (nSPS) is 20.9. The second-order valence-electron chi connectivity index (χ2n) is 5.73. The van der Waals surface area contributed by atoms with Crippen molar-refractivity contribution < 1.29 is 9.53 Å². The van der Waals surface area contributed by atoms with E-state index in [9.17, 15) is 4.79 Å². The zero-order valence-corrected chi connectivity index (χ0v) is 13.9. The van der Waals surface area contributed by atoms with Gasteiger partial charge in [0, 0.05) is 24.4 Å². The van der Waals surface area contributed by atoms with Gasteiger partial charge in [0.15, 0.2) is 5.13 Å². The van der Waals surface area contributed by atoms with E-state index in [1.165, 1.54) is 16.9 Å². The number of carbonyl (C=O) groups excluding carboxylic acids is 1. The number of urea groups is 1. The van der Waals surface area contributed by atoms with E-state index in [1.54, 1.807) is 0 Å². The minimum absolute atomic E-state index is 0.0485. The number of benzene rings is 1. The third-order valence-electron chi connectivity index (χ3n) is 3.94. The van der Waals surface area contributed by atoms with E-state index in [-0.39, 0.29) is 18.1 Å². The molecule has 2 aromatic rings. The maximum atomic E-state index is 12.0. The molecule has 1 aliphatic rings. The summed E-state index contributed by atoms with van der Waals surface area (Å²) >= 11 is 1.43. The second-order valence-corrected chi connectivity index (χ2v) is 6.59. The molecule has 6 heteroatoms. The molecule has 2 amide bonds. The molecule has 2 atom stereocenters. The van der Waals surface area contributed by atoms with Gasteiger partial charge in [0.25, 0.3) is 0 Å². The van der Waals surface area contributed by atoms with E-state index >= 15 is 0 Å². The first kappa shape index (κ1) is 16.0. The van der Waals surface area contributed by atoms with Crippen molar-refractivity contribution in [2.75, 3.05) is 18.5 Å². The topological polar surface area (TPSA) is 63.2 Å². The predicted octanol–water partition coefficient (Wildman–Crippen LogP) is 3.74. The van der Waals surface area contributed by atoms with Gasteiger partial charge in [-0.1, -0.05) is 30.3 Å². The molecular formula is C17H21N3O2S. The van der Waals surface area contributed by atoms with Crippen molar-refractivity contribution in [2.24, 2.45) is 5.92 Å². The summed E-state index contributed by atoms with van der Waals surface area (Å²) in [6, 6.07) is 10.0. The first-order valence-electron chi connectivity index (χ1n) is 7.86. The summed E-state index contributed by atoms with van der Waals surface area (Å²) in [4.78, 5) is 16.2. The van der Waals surface area contributed by atoms with Gasteiger partial charge in [-0.25, -0.2) is 9.78 Å². The van der Waals surface area contributed by atoms with Crippen molar-refractivity contribution in [1.82, 2.24) is 10.3 Å². The zero-order valence-electron chi connectivity index (χ0n) is 13.1. The highest BCUT2D eigenvalue weighted by molar-refractivity contribution is 7.13. The van der Waals surface area contributed by atoms with Crippen molar-refractivity contribution >= 4 is 22.5 Å². The lowest BCUT2D eigenvalue weighted by Crippen LogP contribution is -2.37. The second kappa shape index (κ2) is 7.57. The average molecular weight is 331 g/mol. The van der Waals surface area contributed by atoms with Gasteiger partial charge in [-0.3, -0.25) is 5.32 Å². The molecule has 2 unspecified atom stereocenters. The molecule has 2 N–H and O–H groups in total. The van der Waals surface area contributed by atoms with Gasteiger partial charge in [-0.05, 0) is 25.3 Å². The number of nitrogens with zero attached hydrogens (tertiary/aromatic N) is 1. The molecule has 122 valence electrons. The number of hydrogen-bond acceptors (Lipinski definition) is 4. The molecule has 0 radical (unpaired) electrons. The molecule has 2 heterocycles. The molecule has 3 rings (SSSR count). The fourth-order valence-electron chi connectivity index (χ4n) is 2.84. The maximum absolute atomic E-state index is 12.0. The summed E-state index contributed by atoms with van der Waals surface area (Å²) in [5.74, 6) is 0.287. The van der Waals surface area contributed by atoms with Crippen LogP contribution in [0.25, 0.3) is 0 Å². The standard InChI is InChI=1S/C17H21N3O2S/c1-12-11-23-17(19-12)20-16(21)18-10-14-8-5-9-22-15(14)13-6-3-2-4-7-13/h2-4,6-7,11,14-15H,5,8-10H2,1H3,(H2,18,19,20,21). The number of amides is 2. The molecule has 0 saturated carbocycles. The van der Waals surface area contributed by atoms with Crippen molar-refractivity contribution in [3.8, 4) is 0 Å². The van der Waals surface area contributed by atoms with Gasteiger partial charge in [0.1, 0.15) is 0 Å². The molecule has 1 saturated heterocycles. The Kier molecular flexibility index (Phi) is 5.25. The highest BCUT2D eigenvalue weighted by Crippen LogP contribution is 2.33. The van der Waals surface area contributed by atoms with E-state index in [2.05, 4.69) is 27.8 Å². The van der Waals surface area contributed by atoms with E-state index in [0.717, 1.165) is 25.1 Å². The summed E-state index contributed by atoms with van der Waals surface area (Å²) in [5.41, 5.74) is 2.09. The van der Waals surface area contributed by atoms with Crippen LogP contribution in [-0.4, -0.2) is 24.2 Å². The lowest BCUT2D eigenvalue weighted by Gasteiger charge is -2.32. The van der Waals surface area contributed by atoms with Crippen LogP contribution in [-0.2, 0) is 4.74 Å². The van der Waals surface area contributed by atoms with Gasteiger partial charge in [0.2, 0.25) is 0 Å². The Morgan fingerprint density at radius 3 is 2.96 bits per heavy atom. The van der Waals surface area contributed by atoms with Crippen molar-refractivity contribution in [2.45, 2.75) is 25.9 Å². The number of aryl methyl sites for hydroxylation is 1. The molecule has 0 spiro atoms. The van der Waals surface area contributed by atoms with Crippen LogP contribution in [0.1, 0.15) is 30.2 Å². The molecule has 23 heavy (non-hydrogen) atoms. The number of hydrogen-bond donors (Lipinski definition) is 2. The Labute approximate surface area is 140 Å². The van der Waals surface area contributed by atoms with Crippen LogP contribution in [0.4, 0.5) is 9.93 Å². The molecule has 1 aromatic heterocycles. The monoisotopic (exact) mass is 331 g/mol. The Hall–Kier alpha value is -1.92. The van der Waals surface area contributed by atoms with E-state index in [0.29, 0.717) is 11.7 Å². The molecule has 1 aromatic carbocycles. The number of aromatic nitrogens is 1. The predicted molar refractivity (Wildman–Crippen MR) is 91.7 cm³/mol. The minimum atomic E-state index is -0.211. The number of ether oxygens (including phenoxy) is 1. The lowest BCUT2D eigenvalue weighted by atomic mass is 9.89. The number of thiazole rings is 1. The zero-order chi connectivity index (χ0) is 16.1. The third kappa shape index (κ3) is 4.30. The molecule has 5 nitrogen and oxygen atoms in total. The molecule has 0 aliphatic carbocycles. The van der Waals surface area contributed by atoms with E-state index in [4.69, 9.17) is 4.74 Å². The first-order chi connectivity index (χ1) is 11.2. The van der Waals surface area contributed by atoms with Crippen molar-refractivity contribution in [3.05, 3.63) is 47.0 Å². The molecule has 0 bridgehead atoms. The minimum Gasteiger partial charge on any atom is -0.373 e. The number of carbonyl (C=O) groups is 1. The number of rotatable bonds is 4.